The first-order valence-corrected chi connectivity index (χ1v) is 7.10. The molecule has 24 heavy (non-hydrogen) atoms. The second-order valence-corrected chi connectivity index (χ2v) is 4.57. The van der Waals surface area contributed by atoms with Gasteiger partial charge in [-0.1, -0.05) is 0 Å². The van der Waals surface area contributed by atoms with Gasteiger partial charge in [0.15, 0.2) is 23.0 Å². The van der Waals surface area contributed by atoms with Crippen LogP contribution in [0.3, 0.4) is 0 Å². The molecule has 0 unspecified atom stereocenters. The summed E-state index contributed by atoms with van der Waals surface area (Å²) in [6.07, 6.45) is 0. The van der Waals surface area contributed by atoms with Gasteiger partial charge in [-0.25, -0.2) is 0 Å². The van der Waals surface area contributed by atoms with E-state index in [-0.39, 0.29) is 0 Å². The molecule has 0 spiro atoms. The van der Waals surface area contributed by atoms with Crippen molar-refractivity contribution in [1.29, 1.82) is 0 Å². The third kappa shape index (κ3) is 3.56. The van der Waals surface area contributed by atoms with Crippen molar-refractivity contribution < 1.29 is 37.6 Å². The van der Waals surface area contributed by atoms with Gasteiger partial charge < -0.3 is 37.6 Å². The fraction of sp³-hybridized carbons (Fsp3) is 0.571. The van der Waals surface area contributed by atoms with Crippen molar-refractivity contribution in [2.75, 3.05) is 56.9 Å². The summed E-state index contributed by atoms with van der Waals surface area (Å²) in [6, 6.07) is 0. The molecule has 1 aromatic rings. The third-order valence-electron chi connectivity index (χ3n) is 3.54. The van der Waals surface area contributed by atoms with Crippen molar-refractivity contribution in [2.45, 2.75) is 0 Å². The highest BCUT2D eigenvalue weighted by Gasteiger charge is 2.40. The number of hydrogen-bond acceptors (Lipinski definition) is 8. The Bertz CT molecular complexity index is 452. The molecule has 1 aromatic carbocycles. The highest BCUT2D eigenvalue weighted by Crippen LogP contribution is 2.36. The molecule has 0 saturated carbocycles. The fourth-order valence-electron chi connectivity index (χ4n) is 2.60. The van der Waals surface area contributed by atoms with Crippen LogP contribution >= 0.6 is 0 Å². The number of rotatable bonds is 10. The van der Waals surface area contributed by atoms with Crippen molar-refractivity contribution in [3.8, 4) is 23.0 Å². The Balaban J connectivity index is 3.93. The molecular formula is C14H24B2O8. The first kappa shape index (κ1) is 20.4. The molecular weight excluding hydrogens is 318 g/mol. The van der Waals surface area contributed by atoms with Crippen LogP contribution in [0.5, 0.6) is 23.0 Å². The predicted octanol–water partition coefficient (Wildman–Crippen LogP) is -0.303. The normalized spacial score (nSPS) is 10.3. The van der Waals surface area contributed by atoms with E-state index in [0.717, 1.165) is 0 Å². The van der Waals surface area contributed by atoms with Gasteiger partial charge in [0.1, 0.15) is 0 Å². The Morgan fingerprint density at radius 1 is 0.417 bits per heavy atom. The van der Waals surface area contributed by atoms with Gasteiger partial charge in [-0.2, -0.15) is 0 Å². The maximum absolute atomic E-state index is 5.54. The second kappa shape index (κ2) is 9.63. The Hall–Kier alpha value is -1.61. The van der Waals surface area contributed by atoms with Gasteiger partial charge in [0, 0.05) is 28.4 Å². The number of benzene rings is 1. The molecule has 0 aliphatic carbocycles. The van der Waals surface area contributed by atoms with Gasteiger partial charge in [0.2, 0.25) is 0 Å². The maximum Gasteiger partial charge on any atom is 0.501 e. The summed E-state index contributed by atoms with van der Waals surface area (Å²) in [5, 5.41) is 0. The van der Waals surface area contributed by atoms with E-state index in [2.05, 4.69) is 0 Å². The van der Waals surface area contributed by atoms with Crippen molar-refractivity contribution in [2.24, 2.45) is 0 Å². The average molecular weight is 342 g/mol. The fourth-order valence-corrected chi connectivity index (χ4v) is 2.60. The second-order valence-electron chi connectivity index (χ2n) is 4.57. The summed E-state index contributed by atoms with van der Waals surface area (Å²) in [7, 11) is 10.6. The molecule has 0 radical (unpaired) electrons. The van der Waals surface area contributed by atoms with Crippen LogP contribution in [0, 0.1) is 0 Å². The summed E-state index contributed by atoms with van der Waals surface area (Å²) in [4.78, 5) is 0. The first-order chi connectivity index (χ1) is 11.6. The van der Waals surface area contributed by atoms with Crippen molar-refractivity contribution in [1.82, 2.24) is 0 Å². The topological polar surface area (TPSA) is 73.8 Å². The summed E-state index contributed by atoms with van der Waals surface area (Å²) in [5.41, 5.74) is 0.988. The van der Waals surface area contributed by atoms with E-state index in [9.17, 15) is 0 Å². The van der Waals surface area contributed by atoms with E-state index >= 15 is 0 Å². The monoisotopic (exact) mass is 342 g/mol. The molecule has 134 valence electrons. The molecule has 0 saturated heterocycles. The molecule has 0 atom stereocenters. The van der Waals surface area contributed by atoms with Gasteiger partial charge in [-0.05, 0) is 0 Å². The summed E-state index contributed by atoms with van der Waals surface area (Å²) in [6.45, 7) is 0. The standard InChI is InChI=1S/C14H24B2O8/c1-17-11-9(15(21-5)22-6)13(19-3)14(20-4)10(12(11)18-2)16(23-7)24-8/h1-8H3. The molecule has 0 fully saturated rings. The zero-order chi connectivity index (χ0) is 18.3. The lowest BCUT2D eigenvalue weighted by atomic mass is 9.70. The molecule has 0 N–H and O–H groups in total. The zero-order valence-corrected chi connectivity index (χ0v) is 15.4. The average Bonchev–Trinajstić information content (AvgIpc) is 2.62. The van der Waals surface area contributed by atoms with E-state index in [1.54, 1.807) is 0 Å². The lowest BCUT2D eigenvalue weighted by Crippen LogP contribution is -2.43. The molecule has 0 bridgehead atoms. The quantitative estimate of drug-likeness (QED) is 0.537. The van der Waals surface area contributed by atoms with E-state index < -0.39 is 14.2 Å². The van der Waals surface area contributed by atoms with Gasteiger partial charge in [-0.15, -0.1) is 0 Å². The van der Waals surface area contributed by atoms with Crippen LogP contribution in [-0.4, -0.2) is 71.1 Å². The number of methoxy groups -OCH3 is 4. The van der Waals surface area contributed by atoms with Gasteiger partial charge in [0.25, 0.3) is 0 Å². The van der Waals surface area contributed by atoms with Crippen LogP contribution in [0.2, 0.25) is 0 Å². The smallest absolute Gasteiger partial charge is 0.493 e. The summed E-state index contributed by atoms with van der Waals surface area (Å²) in [5.74, 6) is 1.49. The molecule has 0 aliphatic rings. The van der Waals surface area contributed by atoms with Crippen molar-refractivity contribution in [3.63, 3.8) is 0 Å². The van der Waals surface area contributed by atoms with Crippen LogP contribution in [0.25, 0.3) is 0 Å². The minimum absolute atomic E-state index is 0.373. The van der Waals surface area contributed by atoms with E-state index in [1.807, 2.05) is 0 Å². The Morgan fingerprint density at radius 3 is 0.750 bits per heavy atom. The molecule has 8 nitrogen and oxygen atoms in total. The summed E-state index contributed by atoms with van der Waals surface area (Å²) < 4.78 is 43.6. The zero-order valence-electron chi connectivity index (χ0n) is 15.4. The number of ether oxygens (including phenoxy) is 4. The third-order valence-corrected chi connectivity index (χ3v) is 3.54. The molecule has 0 amide bonds. The van der Waals surface area contributed by atoms with Crippen molar-refractivity contribution >= 4 is 25.2 Å². The summed E-state index contributed by atoms with van der Waals surface area (Å²) >= 11 is 0. The van der Waals surface area contributed by atoms with Crippen molar-refractivity contribution in [3.05, 3.63) is 0 Å². The SMILES string of the molecule is COB(OC)c1c(OC)c(OC)c(B(OC)OC)c(OC)c1OC. The minimum Gasteiger partial charge on any atom is -0.493 e. The Morgan fingerprint density at radius 2 is 0.625 bits per heavy atom. The molecule has 0 aromatic heterocycles. The lowest BCUT2D eigenvalue weighted by Gasteiger charge is -2.25. The highest BCUT2D eigenvalue weighted by atomic mass is 16.6. The molecule has 0 heterocycles. The Labute approximate surface area is 143 Å². The van der Waals surface area contributed by atoms with Crippen LogP contribution in [0.4, 0.5) is 0 Å². The van der Waals surface area contributed by atoms with Gasteiger partial charge in [0.05, 0.1) is 39.4 Å². The van der Waals surface area contributed by atoms with E-state index in [0.29, 0.717) is 33.9 Å². The van der Waals surface area contributed by atoms with Crippen LogP contribution in [-0.2, 0) is 18.6 Å². The van der Waals surface area contributed by atoms with E-state index in [4.69, 9.17) is 37.6 Å². The van der Waals surface area contributed by atoms with Crippen LogP contribution in [0.1, 0.15) is 0 Å². The molecule has 0 aliphatic heterocycles. The number of hydrogen-bond donors (Lipinski definition) is 0. The molecule has 10 heteroatoms. The van der Waals surface area contributed by atoms with Gasteiger partial charge in [-0.3, -0.25) is 0 Å². The molecule has 1 rings (SSSR count). The largest absolute Gasteiger partial charge is 0.501 e. The maximum atomic E-state index is 5.54. The van der Waals surface area contributed by atoms with E-state index in [1.165, 1.54) is 56.9 Å². The first-order valence-electron chi connectivity index (χ1n) is 7.10. The Kier molecular flexibility index (Phi) is 8.20. The lowest BCUT2D eigenvalue weighted by molar-refractivity contribution is 0.279. The highest BCUT2D eigenvalue weighted by molar-refractivity contribution is 6.67. The van der Waals surface area contributed by atoms with Crippen LogP contribution in [0.15, 0.2) is 0 Å². The van der Waals surface area contributed by atoms with Crippen LogP contribution < -0.4 is 29.9 Å². The predicted molar refractivity (Wildman–Crippen MR) is 91.5 cm³/mol. The van der Waals surface area contributed by atoms with Gasteiger partial charge >= 0.3 is 14.2 Å². The minimum atomic E-state index is -0.754.